The fourth-order valence-electron chi connectivity index (χ4n) is 5.07. The van der Waals surface area contributed by atoms with Crippen LogP contribution in [0.25, 0.3) is 11.8 Å². The number of hydrogen-bond acceptors (Lipinski definition) is 7. The Labute approximate surface area is 243 Å². The summed E-state index contributed by atoms with van der Waals surface area (Å²) < 4.78 is 13.7. The predicted molar refractivity (Wildman–Crippen MR) is 164 cm³/mol. The van der Waals surface area contributed by atoms with Gasteiger partial charge in [0.1, 0.15) is 5.76 Å². The number of hydrogen-bond donors (Lipinski definition) is 0. The number of carbonyl (C=O) groups is 1. The van der Waals surface area contributed by atoms with Crippen molar-refractivity contribution in [3.63, 3.8) is 0 Å². The predicted octanol–water partition coefficient (Wildman–Crippen LogP) is 5.50. The lowest BCUT2D eigenvalue weighted by Gasteiger charge is -2.26. The lowest BCUT2D eigenvalue weighted by atomic mass is 9.91. The van der Waals surface area contributed by atoms with Crippen LogP contribution in [0.3, 0.4) is 0 Å². The highest BCUT2D eigenvalue weighted by molar-refractivity contribution is 7.07. The van der Waals surface area contributed by atoms with Crippen LogP contribution in [0.15, 0.2) is 86.5 Å². The van der Waals surface area contributed by atoms with Crippen LogP contribution in [0.2, 0.25) is 0 Å². The first kappa shape index (κ1) is 28.4. The summed E-state index contributed by atoms with van der Waals surface area (Å²) in [5.41, 5.74) is 3.39. The molecule has 41 heavy (non-hydrogen) atoms. The van der Waals surface area contributed by atoms with Crippen LogP contribution in [0, 0.1) is 0 Å². The number of carbonyl (C=O) groups excluding carboxylic acids is 1. The summed E-state index contributed by atoms with van der Waals surface area (Å²) in [6.45, 7) is 12.0. The maximum absolute atomic E-state index is 14.1. The topological polar surface area (TPSA) is 77.0 Å². The average Bonchev–Trinajstić information content (AvgIpc) is 3.57. The molecule has 0 N–H and O–H groups in total. The Balaban J connectivity index is 1.75. The number of anilines is 1. The highest BCUT2D eigenvalue weighted by atomic mass is 32.1. The van der Waals surface area contributed by atoms with Gasteiger partial charge in [-0.05, 0) is 43.9 Å². The molecule has 7 nitrogen and oxygen atoms in total. The van der Waals surface area contributed by atoms with Gasteiger partial charge in [0, 0.05) is 30.8 Å². The molecule has 2 aromatic heterocycles. The molecule has 0 fully saturated rings. The first-order valence-electron chi connectivity index (χ1n) is 14.1. The molecular formula is C33H35N3O4S. The molecule has 0 aliphatic carbocycles. The minimum atomic E-state index is -0.702. The van der Waals surface area contributed by atoms with Crippen molar-refractivity contribution in [3.05, 3.63) is 114 Å². The van der Waals surface area contributed by atoms with Crippen molar-refractivity contribution >= 4 is 35.0 Å². The maximum atomic E-state index is 14.1. The molecule has 1 atom stereocenters. The number of aromatic nitrogens is 1. The SMILES string of the molecule is CCOC(=O)C1=C(c2ccccc2)N=c2s/c(=C\c3ccc(N(CC)CC)o3)c(=O)n2[C@H]1c1ccc(C(C)C)cc1. The molecule has 4 aromatic rings. The number of rotatable bonds is 9. The summed E-state index contributed by atoms with van der Waals surface area (Å²) in [6, 6.07) is 20.8. The van der Waals surface area contributed by atoms with Gasteiger partial charge in [0.25, 0.3) is 5.56 Å². The van der Waals surface area contributed by atoms with Crippen LogP contribution >= 0.6 is 11.3 Å². The second-order valence-corrected chi connectivity index (χ2v) is 11.1. The summed E-state index contributed by atoms with van der Waals surface area (Å²) in [4.78, 5) is 35.2. The number of fused-ring (bicyclic) bond motifs is 1. The van der Waals surface area contributed by atoms with Gasteiger partial charge in [-0.3, -0.25) is 9.36 Å². The lowest BCUT2D eigenvalue weighted by Crippen LogP contribution is -2.40. The highest BCUT2D eigenvalue weighted by Crippen LogP contribution is 2.35. The second kappa shape index (κ2) is 12.1. The van der Waals surface area contributed by atoms with Crippen molar-refractivity contribution < 1.29 is 13.9 Å². The minimum absolute atomic E-state index is 0.210. The molecule has 0 radical (unpaired) electrons. The molecule has 0 amide bonds. The third-order valence-electron chi connectivity index (χ3n) is 7.25. The van der Waals surface area contributed by atoms with Crippen molar-refractivity contribution in [1.29, 1.82) is 0 Å². The molecule has 212 valence electrons. The van der Waals surface area contributed by atoms with E-state index in [9.17, 15) is 9.59 Å². The van der Waals surface area contributed by atoms with Gasteiger partial charge in [0.15, 0.2) is 10.7 Å². The van der Waals surface area contributed by atoms with E-state index in [1.165, 1.54) is 16.9 Å². The van der Waals surface area contributed by atoms with E-state index < -0.39 is 12.0 Å². The molecule has 2 aromatic carbocycles. The van der Waals surface area contributed by atoms with Crippen molar-refractivity contribution in [2.75, 3.05) is 24.6 Å². The van der Waals surface area contributed by atoms with Crippen LogP contribution in [-0.2, 0) is 9.53 Å². The number of furan rings is 1. The number of benzene rings is 2. The minimum Gasteiger partial charge on any atom is -0.463 e. The number of nitrogens with zero attached hydrogens (tertiary/aromatic N) is 3. The van der Waals surface area contributed by atoms with Crippen molar-refractivity contribution in [2.45, 2.75) is 46.6 Å². The smallest absolute Gasteiger partial charge is 0.338 e. The Hall–Kier alpha value is -4.17. The Kier molecular flexibility index (Phi) is 8.40. The maximum Gasteiger partial charge on any atom is 0.338 e. The molecule has 8 heteroatoms. The van der Waals surface area contributed by atoms with E-state index in [2.05, 4.69) is 44.7 Å². The van der Waals surface area contributed by atoms with Crippen LogP contribution in [-0.4, -0.2) is 30.2 Å². The highest BCUT2D eigenvalue weighted by Gasteiger charge is 2.35. The summed E-state index contributed by atoms with van der Waals surface area (Å²) in [7, 11) is 0. The van der Waals surface area contributed by atoms with Gasteiger partial charge in [-0.1, -0.05) is 79.8 Å². The van der Waals surface area contributed by atoms with E-state index in [4.69, 9.17) is 14.1 Å². The van der Waals surface area contributed by atoms with Gasteiger partial charge in [-0.15, -0.1) is 0 Å². The van der Waals surface area contributed by atoms with Crippen molar-refractivity contribution in [1.82, 2.24) is 4.57 Å². The fourth-order valence-corrected chi connectivity index (χ4v) is 6.05. The van der Waals surface area contributed by atoms with Crippen LogP contribution in [0.5, 0.6) is 0 Å². The standard InChI is InChI=1S/C33H35N3O4S/c1-6-35(7-2)27-19-18-25(40-27)20-26-31(37)36-30(24-16-14-22(15-17-24)21(4)5)28(32(38)39-8-3)29(34-33(36)41-26)23-12-10-9-11-13-23/h9-21,30H,6-8H2,1-5H3/b26-20-/t30-/m0/s1. The van der Waals surface area contributed by atoms with Crippen LogP contribution in [0.1, 0.15) is 69.0 Å². The third kappa shape index (κ3) is 5.57. The summed E-state index contributed by atoms with van der Waals surface area (Å²) in [5.74, 6) is 1.20. The average molecular weight is 570 g/mol. The molecule has 0 unspecified atom stereocenters. The largest absolute Gasteiger partial charge is 0.463 e. The summed E-state index contributed by atoms with van der Waals surface area (Å²) >= 11 is 1.29. The van der Waals surface area contributed by atoms with Crippen LogP contribution < -0.4 is 19.8 Å². The van der Waals surface area contributed by atoms with Gasteiger partial charge >= 0.3 is 5.97 Å². The Morgan fingerprint density at radius 1 is 1.05 bits per heavy atom. The Bertz CT molecular complexity index is 1740. The van der Waals surface area contributed by atoms with Gasteiger partial charge in [-0.2, -0.15) is 0 Å². The number of thiazole rings is 1. The van der Waals surface area contributed by atoms with E-state index in [1.807, 2.05) is 54.6 Å². The fraction of sp³-hybridized carbons (Fsp3) is 0.303. The van der Waals surface area contributed by atoms with Gasteiger partial charge in [-0.25, -0.2) is 9.79 Å². The molecule has 1 aliphatic heterocycles. The van der Waals surface area contributed by atoms with E-state index in [0.29, 0.717) is 32.3 Å². The van der Waals surface area contributed by atoms with E-state index in [0.717, 1.165) is 30.1 Å². The molecule has 0 saturated heterocycles. The van der Waals surface area contributed by atoms with Gasteiger partial charge < -0.3 is 14.1 Å². The van der Waals surface area contributed by atoms with Crippen molar-refractivity contribution in [3.8, 4) is 0 Å². The molecule has 0 bridgehead atoms. The zero-order valence-corrected chi connectivity index (χ0v) is 24.9. The Morgan fingerprint density at radius 3 is 2.39 bits per heavy atom. The summed E-state index contributed by atoms with van der Waals surface area (Å²) in [5, 5.41) is 0. The van der Waals surface area contributed by atoms with Gasteiger partial charge in [0.05, 0.1) is 28.5 Å². The zero-order chi connectivity index (χ0) is 29.1. The van der Waals surface area contributed by atoms with E-state index in [1.54, 1.807) is 17.6 Å². The zero-order valence-electron chi connectivity index (χ0n) is 24.1. The number of esters is 1. The monoisotopic (exact) mass is 569 g/mol. The Morgan fingerprint density at radius 2 is 1.76 bits per heavy atom. The molecule has 0 spiro atoms. The van der Waals surface area contributed by atoms with E-state index in [-0.39, 0.29) is 12.2 Å². The molecule has 0 saturated carbocycles. The molecule has 3 heterocycles. The van der Waals surface area contributed by atoms with E-state index >= 15 is 0 Å². The van der Waals surface area contributed by atoms with Gasteiger partial charge in [0.2, 0.25) is 0 Å². The van der Waals surface area contributed by atoms with Crippen molar-refractivity contribution in [2.24, 2.45) is 4.99 Å². The lowest BCUT2D eigenvalue weighted by molar-refractivity contribution is -0.138. The summed E-state index contributed by atoms with van der Waals surface area (Å²) in [6.07, 6.45) is 1.76. The third-order valence-corrected chi connectivity index (χ3v) is 8.24. The normalized spacial score (nSPS) is 15.2. The second-order valence-electron chi connectivity index (χ2n) is 10.1. The first-order valence-corrected chi connectivity index (χ1v) is 14.9. The molecule has 1 aliphatic rings. The quantitative estimate of drug-likeness (QED) is 0.249. The van der Waals surface area contributed by atoms with Crippen LogP contribution in [0.4, 0.5) is 5.88 Å². The molecule has 5 rings (SSSR count). The molecular weight excluding hydrogens is 534 g/mol. The first-order chi connectivity index (χ1) is 19.9. The number of ether oxygens (including phenoxy) is 1.